The summed E-state index contributed by atoms with van der Waals surface area (Å²) in [6, 6.07) is 13.8. The van der Waals surface area contributed by atoms with Crippen LogP contribution in [0.15, 0.2) is 42.5 Å². The van der Waals surface area contributed by atoms with Crippen LogP contribution >= 0.6 is 0 Å². The van der Waals surface area contributed by atoms with Crippen molar-refractivity contribution in [1.29, 1.82) is 5.26 Å². The summed E-state index contributed by atoms with van der Waals surface area (Å²) in [5.41, 5.74) is 5.55. The zero-order valence-corrected chi connectivity index (χ0v) is 20.3. The second-order valence-corrected chi connectivity index (χ2v) is 9.88. The van der Waals surface area contributed by atoms with Gasteiger partial charge in [0.2, 0.25) is 5.91 Å². The highest BCUT2D eigenvalue weighted by atomic mass is 16.6. The SMILES string of the molecule is N#Cc1cc2[nH]c(OC3CC[C@@H]4C(O)CO[C@H]34)cc2nc1-c1ccc(C2=CCN(C(=O)CO)CC2)cc1. The summed E-state index contributed by atoms with van der Waals surface area (Å²) >= 11 is 0. The lowest BCUT2D eigenvalue weighted by Crippen LogP contribution is -2.36. The van der Waals surface area contributed by atoms with E-state index in [1.165, 1.54) is 0 Å². The molecule has 3 aromatic rings. The van der Waals surface area contributed by atoms with E-state index in [2.05, 4.69) is 11.1 Å². The van der Waals surface area contributed by atoms with Crippen LogP contribution in [0.4, 0.5) is 0 Å². The fraction of sp³-hybridized carbons (Fsp3) is 0.393. The van der Waals surface area contributed by atoms with Crippen molar-refractivity contribution in [3.8, 4) is 23.2 Å². The predicted octanol–water partition coefficient (Wildman–Crippen LogP) is 2.63. The Hall–Kier alpha value is -3.71. The van der Waals surface area contributed by atoms with Gasteiger partial charge in [-0.15, -0.1) is 0 Å². The van der Waals surface area contributed by atoms with Crippen LogP contribution in [0.1, 0.15) is 30.4 Å². The zero-order chi connectivity index (χ0) is 25.5. The van der Waals surface area contributed by atoms with E-state index in [0.717, 1.165) is 41.5 Å². The summed E-state index contributed by atoms with van der Waals surface area (Å²) in [6.07, 6.45) is 3.79. The highest BCUT2D eigenvalue weighted by Crippen LogP contribution is 2.39. The van der Waals surface area contributed by atoms with Crippen molar-refractivity contribution in [2.75, 3.05) is 26.3 Å². The number of pyridine rings is 1. The number of carbonyl (C=O) groups is 1. The molecule has 9 heteroatoms. The number of nitrogens with one attached hydrogen (secondary N) is 1. The lowest BCUT2D eigenvalue weighted by atomic mass is 9.97. The summed E-state index contributed by atoms with van der Waals surface area (Å²) in [7, 11) is 0. The average Bonchev–Trinajstić information content (AvgIpc) is 3.64. The third-order valence-corrected chi connectivity index (χ3v) is 7.73. The van der Waals surface area contributed by atoms with Crippen LogP contribution in [-0.2, 0) is 9.53 Å². The van der Waals surface area contributed by atoms with E-state index in [1.54, 1.807) is 11.0 Å². The Morgan fingerprint density at radius 3 is 2.78 bits per heavy atom. The molecule has 190 valence electrons. The number of aromatic nitrogens is 2. The molecule has 2 unspecified atom stereocenters. The number of benzene rings is 1. The minimum absolute atomic E-state index is 0.101. The fourth-order valence-electron chi connectivity index (χ4n) is 5.73. The second-order valence-electron chi connectivity index (χ2n) is 9.88. The first-order chi connectivity index (χ1) is 18.0. The molecule has 2 aromatic heterocycles. The molecule has 3 aliphatic rings. The van der Waals surface area contributed by atoms with Gasteiger partial charge in [0.25, 0.3) is 0 Å². The molecule has 4 heterocycles. The molecule has 1 amide bonds. The summed E-state index contributed by atoms with van der Waals surface area (Å²) in [6.45, 7) is 0.957. The number of aromatic amines is 1. The van der Waals surface area contributed by atoms with Crippen LogP contribution in [-0.4, -0.2) is 75.6 Å². The number of fused-ring (bicyclic) bond motifs is 2. The standard InChI is InChI=1S/C28H28N4O5/c29-13-19-11-21-22(12-25(30-21)37-24-6-5-20-23(34)15-36-28(20)24)31-27(19)18-3-1-16(2-4-18)17-7-9-32(10-8-17)26(35)14-33/h1-4,7,11-12,20,23-24,28,30,33-34H,5-6,8-10,14-15H2/t20-,23?,24?,28+/m1/s1. The summed E-state index contributed by atoms with van der Waals surface area (Å²) < 4.78 is 12.0. The number of nitriles is 1. The van der Waals surface area contributed by atoms with E-state index < -0.39 is 12.7 Å². The number of nitrogens with zero attached hydrogens (tertiary/aromatic N) is 3. The Morgan fingerprint density at radius 2 is 2.05 bits per heavy atom. The van der Waals surface area contributed by atoms with Gasteiger partial charge < -0.3 is 29.6 Å². The number of rotatable bonds is 5. The van der Waals surface area contributed by atoms with Gasteiger partial charge in [-0.1, -0.05) is 30.3 Å². The molecule has 0 radical (unpaired) electrons. The molecule has 2 aliphatic heterocycles. The molecular formula is C28H28N4O5. The van der Waals surface area contributed by atoms with Gasteiger partial charge in [0.1, 0.15) is 18.8 Å². The van der Waals surface area contributed by atoms with Crippen LogP contribution in [0, 0.1) is 17.2 Å². The van der Waals surface area contributed by atoms with Crippen LogP contribution in [0.5, 0.6) is 5.88 Å². The van der Waals surface area contributed by atoms with Gasteiger partial charge in [-0.25, -0.2) is 4.98 Å². The maximum absolute atomic E-state index is 11.7. The molecule has 3 N–H and O–H groups in total. The fourth-order valence-corrected chi connectivity index (χ4v) is 5.73. The van der Waals surface area contributed by atoms with E-state index in [-0.39, 0.29) is 24.0 Å². The largest absolute Gasteiger partial charge is 0.473 e. The van der Waals surface area contributed by atoms with Gasteiger partial charge in [0, 0.05) is 30.6 Å². The summed E-state index contributed by atoms with van der Waals surface area (Å²) in [5.74, 6) is 0.443. The van der Waals surface area contributed by atoms with Gasteiger partial charge in [-0.3, -0.25) is 4.79 Å². The third kappa shape index (κ3) is 4.37. The molecule has 1 saturated carbocycles. The van der Waals surface area contributed by atoms with Crippen molar-refractivity contribution >= 4 is 22.5 Å². The van der Waals surface area contributed by atoms with Crippen molar-refractivity contribution < 1.29 is 24.5 Å². The Kier molecular flexibility index (Phi) is 6.16. The number of aliphatic hydroxyl groups excluding tert-OH is 2. The highest BCUT2D eigenvalue weighted by Gasteiger charge is 2.47. The highest BCUT2D eigenvalue weighted by molar-refractivity contribution is 5.84. The Morgan fingerprint density at radius 1 is 1.24 bits per heavy atom. The minimum Gasteiger partial charge on any atom is -0.473 e. The van der Waals surface area contributed by atoms with Crippen molar-refractivity contribution in [1.82, 2.24) is 14.9 Å². The topological polar surface area (TPSA) is 132 Å². The quantitative estimate of drug-likeness (QED) is 0.491. The van der Waals surface area contributed by atoms with E-state index in [9.17, 15) is 15.2 Å². The number of hydrogen-bond acceptors (Lipinski definition) is 7. The minimum atomic E-state index is -0.467. The van der Waals surface area contributed by atoms with E-state index in [0.29, 0.717) is 42.4 Å². The lowest BCUT2D eigenvalue weighted by molar-refractivity contribution is -0.133. The first kappa shape index (κ1) is 23.7. The molecule has 9 nitrogen and oxygen atoms in total. The van der Waals surface area contributed by atoms with Crippen molar-refractivity contribution in [2.45, 2.75) is 37.6 Å². The molecule has 0 bridgehead atoms. The Labute approximate surface area is 213 Å². The van der Waals surface area contributed by atoms with Crippen LogP contribution in [0.2, 0.25) is 0 Å². The van der Waals surface area contributed by atoms with Crippen molar-refractivity contribution in [3.05, 3.63) is 53.6 Å². The molecule has 1 aromatic carbocycles. The third-order valence-electron chi connectivity index (χ3n) is 7.73. The van der Waals surface area contributed by atoms with Gasteiger partial charge in [0.15, 0.2) is 5.88 Å². The zero-order valence-electron chi connectivity index (χ0n) is 20.3. The lowest BCUT2D eigenvalue weighted by Gasteiger charge is -2.26. The molecule has 0 spiro atoms. The number of aliphatic hydroxyl groups is 2. The Bertz CT molecular complexity index is 1410. The normalized spacial score (nSPS) is 25.1. The summed E-state index contributed by atoms with van der Waals surface area (Å²) in [5, 5.41) is 28.9. The Balaban J connectivity index is 1.22. The number of carbonyl (C=O) groups excluding carboxylic acids is 1. The van der Waals surface area contributed by atoms with E-state index >= 15 is 0 Å². The first-order valence-electron chi connectivity index (χ1n) is 12.6. The smallest absolute Gasteiger partial charge is 0.248 e. The molecule has 1 aliphatic carbocycles. The molecule has 6 rings (SSSR count). The van der Waals surface area contributed by atoms with Gasteiger partial charge >= 0.3 is 0 Å². The van der Waals surface area contributed by atoms with Gasteiger partial charge in [-0.05, 0) is 36.5 Å². The van der Waals surface area contributed by atoms with Gasteiger partial charge in [-0.2, -0.15) is 5.26 Å². The number of hydrogen-bond donors (Lipinski definition) is 3. The van der Waals surface area contributed by atoms with E-state index in [4.69, 9.17) is 19.6 Å². The maximum atomic E-state index is 11.7. The monoisotopic (exact) mass is 500 g/mol. The number of H-pyrrole nitrogens is 1. The van der Waals surface area contributed by atoms with Crippen molar-refractivity contribution in [3.63, 3.8) is 0 Å². The van der Waals surface area contributed by atoms with E-state index in [1.807, 2.05) is 36.4 Å². The number of ether oxygens (including phenoxy) is 2. The summed E-state index contributed by atoms with van der Waals surface area (Å²) in [4.78, 5) is 21.3. The van der Waals surface area contributed by atoms with Crippen LogP contribution < -0.4 is 4.74 Å². The van der Waals surface area contributed by atoms with Crippen LogP contribution in [0.25, 0.3) is 27.9 Å². The number of amides is 1. The first-order valence-corrected chi connectivity index (χ1v) is 12.6. The molecule has 37 heavy (non-hydrogen) atoms. The molecule has 4 atom stereocenters. The maximum Gasteiger partial charge on any atom is 0.248 e. The molecule has 1 saturated heterocycles. The van der Waals surface area contributed by atoms with Crippen molar-refractivity contribution in [2.24, 2.45) is 5.92 Å². The molecule has 2 fully saturated rings. The second kappa shape index (κ2) is 9.63. The molecular weight excluding hydrogens is 472 g/mol. The van der Waals surface area contributed by atoms with Gasteiger partial charge in [0.05, 0.1) is 41.1 Å². The average molecular weight is 501 g/mol. The predicted molar refractivity (Wildman–Crippen MR) is 135 cm³/mol. The van der Waals surface area contributed by atoms with Crippen LogP contribution in [0.3, 0.4) is 0 Å².